The molecule has 4 N–H and O–H groups in total. The Morgan fingerprint density at radius 1 is 1.40 bits per heavy atom. The Morgan fingerprint density at radius 3 is 2.80 bits per heavy atom. The van der Waals surface area contributed by atoms with E-state index in [0.717, 1.165) is 0 Å². The molecule has 1 aliphatic carbocycles. The Kier molecular flexibility index (Phi) is 2.91. The fourth-order valence-corrected chi connectivity index (χ4v) is 2.68. The lowest BCUT2D eigenvalue weighted by Crippen LogP contribution is -2.26. The van der Waals surface area contributed by atoms with E-state index < -0.39 is 24.2 Å². The smallest absolute Gasteiger partial charge is 0.166 e. The summed E-state index contributed by atoms with van der Waals surface area (Å²) in [6, 6.07) is -0.832. The van der Waals surface area contributed by atoms with E-state index in [1.165, 1.54) is 17.2 Å². The van der Waals surface area contributed by atoms with Crippen molar-refractivity contribution in [2.24, 2.45) is 5.92 Å². The lowest BCUT2D eigenvalue weighted by Gasteiger charge is -2.17. The molecule has 1 saturated carbocycles. The highest BCUT2D eigenvalue weighted by Gasteiger charge is 2.47. The summed E-state index contributed by atoms with van der Waals surface area (Å²) in [7, 11) is 0. The molecular formula is C12H14FN5O2. The maximum Gasteiger partial charge on any atom is 0.166 e. The van der Waals surface area contributed by atoms with E-state index in [4.69, 9.17) is 5.73 Å². The summed E-state index contributed by atoms with van der Waals surface area (Å²) in [5.74, 6) is -0.501. The number of aliphatic hydroxyl groups is 2. The van der Waals surface area contributed by atoms with E-state index >= 15 is 0 Å². The van der Waals surface area contributed by atoms with Crippen molar-refractivity contribution in [2.45, 2.75) is 18.3 Å². The largest absolute Gasteiger partial charge is 0.396 e. The average molecular weight is 279 g/mol. The Hall–Kier alpha value is -2.06. The van der Waals surface area contributed by atoms with E-state index in [9.17, 15) is 14.6 Å². The molecule has 3 rings (SSSR count). The minimum Gasteiger partial charge on any atom is -0.396 e. The van der Waals surface area contributed by atoms with Crippen molar-refractivity contribution in [2.75, 3.05) is 12.3 Å². The van der Waals surface area contributed by atoms with E-state index in [1.54, 1.807) is 0 Å². The van der Waals surface area contributed by atoms with Crippen LogP contribution in [0.4, 0.5) is 10.2 Å². The van der Waals surface area contributed by atoms with Gasteiger partial charge in [0, 0.05) is 5.92 Å². The topological polar surface area (TPSA) is 110 Å². The molecule has 8 heteroatoms. The molecule has 20 heavy (non-hydrogen) atoms. The summed E-state index contributed by atoms with van der Waals surface area (Å²) in [6.07, 6.45) is -0.229. The van der Waals surface area contributed by atoms with Gasteiger partial charge in [0.25, 0.3) is 0 Å². The Balaban J connectivity index is 2.12. The zero-order valence-corrected chi connectivity index (χ0v) is 10.5. The van der Waals surface area contributed by atoms with Crippen molar-refractivity contribution in [1.82, 2.24) is 19.5 Å². The van der Waals surface area contributed by atoms with E-state index in [2.05, 4.69) is 21.5 Å². The molecule has 0 aliphatic heterocycles. The lowest BCUT2D eigenvalue weighted by atomic mass is 10.0. The molecule has 0 radical (unpaired) electrons. The third-order valence-electron chi connectivity index (χ3n) is 3.78. The second kappa shape index (κ2) is 4.50. The SMILES string of the molecule is C=C1[C@@H](n2cnc3c(N)ncnc32)[C@H](F)C(O)[C@H]1CO. The van der Waals surface area contributed by atoms with Crippen molar-refractivity contribution in [3.05, 3.63) is 24.8 Å². The van der Waals surface area contributed by atoms with Crippen LogP contribution in [0.5, 0.6) is 0 Å². The van der Waals surface area contributed by atoms with Gasteiger partial charge in [-0.25, -0.2) is 19.3 Å². The van der Waals surface area contributed by atoms with Crippen LogP contribution in [0.1, 0.15) is 6.04 Å². The highest BCUT2D eigenvalue weighted by atomic mass is 19.1. The Morgan fingerprint density at radius 2 is 2.15 bits per heavy atom. The van der Waals surface area contributed by atoms with Gasteiger partial charge in [-0.05, 0) is 5.57 Å². The van der Waals surface area contributed by atoms with Gasteiger partial charge in [-0.15, -0.1) is 0 Å². The zero-order valence-electron chi connectivity index (χ0n) is 10.5. The molecule has 0 saturated heterocycles. The van der Waals surface area contributed by atoms with Crippen LogP contribution < -0.4 is 5.73 Å². The first-order valence-corrected chi connectivity index (χ1v) is 6.11. The van der Waals surface area contributed by atoms with Gasteiger partial charge >= 0.3 is 0 Å². The minimum atomic E-state index is -1.59. The Bertz CT molecular complexity index is 673. The summed E-state index contributed by atoms with van der Waals surface area (Å²) in [4.78, 5) is 11.9. The molecule has 2 aromatic rings. The maximum absolute atomic E-state index is 14.3. The number of aliphatic hydroxyl groups excluding tert-OH is 2. The van der Waals surface area contributed by atoms with Crippen LogP contribution in [0.25, 0.3) is 11.2 Å². The molecule has 106 valence electrons. The van der Waals surface area contributed by atoms with E-state index in [0.29, 0.717) is 16.7 Å². The van der Waals surface area contributed by atoms with Gasteiger partial charge < -0.3 is 20.5 Å². The van der Waals surface area contributed by atoms with Gasteiger partial charge in [0.15, 0.2) is 17.6 Å². The van der Waals surface area contributed by atoms with Crippen LogP contribution in [-0.2, 0) is 0 Å². The number of hydrogen-bond acceptors (Lipinski definition) is 6. The second-order valence-electron chi connectivity index (χ2n) is 4.83. The molecule has 7 nitrogen and oxygen atoms in total. The van der Waals surface area contributed by atoms with Gasteiger partial charge in [-0.1, -0.05) is 6.58 Å². The van der Waals surface area contributed by atoms with E-state index in [-0.39, 0.29) is 12.4 Å². The van der Waals surface area contributed by atoms with Gasteiger partial charge in [-0.2, -0.15) is 0 Å². The third-order valence-corrected chi connectivity index (χ3v) is 3.78. The molecular weight excluding hydrogens is 265 g/mol. The number of nitrogen functional groups attached to an aromatic ring is 1. The van der Waals surface area contributed by atoms with Crippen LogP contribution >= 0.6 is 0 Å². The predicted octanol–water partition coefficient (Wildman–Crippen LogP) is -0.173. The summed E-state index contributed by atoms with van der Waals surface area (Å²) in [5, 5.41) is 19.1. The van der Waals surface area contributed by atoms with Crippen molar-refractivity contribution < 1.29 is 14.6 Å². The van der Waals surface area contributed by atoms with Crippen LogP contribution in [0.3, 0.4) is 0 Å². The second-order valence-corrected chi connectivity index (χ2v) is 4.83. The minimum absolute atomic E-state index is 0.201. The summed E-state index contributed by atoms with van der Waals surface area (Å²) in [6.45, 7) is 3.43. The van der Waals surface area contributed by atoms with Gasteiger partial charge in [0.1, 0.15) is 11.8 Å². The highest BCUT2D eigenvalue weighted by Crippen LogP contribution is 2.42. The fourth-order valence-electron chi connectivity index (χ4n) is 2.68. The number of nitrogens with two attached hydrogens (primary N) is 1. The van der Waals surface area contributed by atoms with Gasteiger partial charge in [-0.3, -0.25) is 0 Å². The molecule has 1 fully saturated rings. The molecule has 0 bridgehead atoms. The third kappa shape index (κ3) is 1.61. The van der Waals surface area contributed by atoms with Crippen molar-refractivity contribution in [3.63, 3.8) is 0 Å². The van der Waals surface area contributed by atoms with Gasteiger partial charge in [0.2, 0.25) is 0 Å². The molecule has 1 aliphatic rings. The number of imidazole rings is 1. The number of rotatable bonds is 2. The van der Waals surface area contributed by atoms with Crippen molar-refractivity contribution in [1.29, 1.82) is 0 Å². The first kappa shape index (κ1) is 12.9. The molecule has 0 aromatic carbocycles. The maximum atomic E-state index is 14.3. The molecule has 2 aromatic heterocycles. The molecule has 0 amide bonds. The number of alkyl halides is 1. The van der Waals surface area contributed by atoms with Gasteiger partial charge in [0.05, 0.1) is 25.1 Å². The monoisotopic (exact) mass is 279 g/mol. The summed E-state index contributed by atoms with van der Waals surface area (Å²) in [5.41, 5.74) is 6.83. The quantitative estimate of drug-likeness (QED) is 0.658. The van der Waals surface area contributed by atoms with Crippen molar-refractivity contribution in [3.8, 4) is 0 Å². The molecule has 4 atom stereocenters. The molecule has 1 unspecified atom stereocenters. The van der Waals surface area contributed by atoms with E-state index in [1.807, 2.05) is 0 Å². The Labute approximate surface area is 113 Å². The molecule has 2 heterocycles. The predicted molar refractivity (Wildman–Crippen MR) is 69.4 cm³/mol. The van der Waals surface area contributed by atoms with Crippen LogP contribution in [0.2, 0.25) is 0 Å². The van der Waals surface area contributed by atoms with Crippen LogP contribution in [0, 0.1) is 5.92 Å². The lowest BCUT2D eigenvalue weighted by molar-refractivity contribution is 0.0426. The zero-order chi connectivity index (χ0) is 14.4. The van der Waals surface area contributed by atoms with Crippen LogP contribution in [-0.4, -0.2) is 48.6 Å². The number of hydrogen-bond donors (Lipinski definition) is 3. The number of aromatic nitrogens is 4. The summed E-state index contributed by atoms with van der Waals surface area (Å²) < 4.78 is 15.8. The summed E-state index contributed by atoms with van der Waals surface area (Å²) >= 11 is 0. The fraction of sp³-hybridized carbons (Fsp3) is 0.417. The number of anilines is 1. The normalized spacial score (nSPS) is 30.2. The first-order chi connectivity index (χ1) is 9.56. The van der Waals surface area contributed by atoms with Crippen LogP contribution in [0.15, 0.2) is 24.8 Å². The number of fused-ring (bicyclic) bond motifs is 1. The standard InChI is InChI=1S/C12H14FN5O2/c1-5-6(2-19)10(20)7(13)9(5)18-4-17-8-11(14)15-3-16-12(8)18/h3-4,6-7,9-10,19-20H,1-2H2,(H2,14,15,16)/t6-,7-,9+,10?/m0/s1. The number of nitrogens with zero attached hydrogens (tertiary/aromatic N) is 4. The molecule has 0 spiro atoms. The highest BCUT2D eigenvalue weighted by molar-refractivity contribution is 5.81. The van der Waals surface area contributed by atoms with Crippen molar-refractivity contribution >= 4 is 17.0 Å². The number of halogens is 1. The average Bonchev–Trinajstić information content (AvgIpc) is 2.92. The first-order valence-electron chi connectivity index (χ1n) is 6.11.